The Morgan fingerprint density at radius 3 is 2.58 bits per heavy atom. The van der Waals surface area contributed by atoms with Gasteiger partial charge in [-0.2, -0.15) is 0 Å². The van der Waals surface area contributed by atoms with E-state index in [0.717, 1.165) is 0 Å². The molecule has 24 heavy (non-hydrogen) atoms. The van der Waals surface area contributed by atoms with Crippen molar-refractivity contribution in [3.63, 3.8) is 0 Å². The number of carbonyl (C=O) groups excluding carboxylic acids is 2. The highest BCUT2D eigenvalue weighted by Gasteiger charge is 2.21. The second-order valence-electron chi connectivity index (χ2n) is 5.41. The van der Waals surface area contributed by atoms with Crippen molar-refractivity contribution < 1.29 is 28.2 Å². The van der Waals surface area contributed by atoms with Gasteiger partial charge in [0.1, 0.15) is 17.1 Å². The van der Waals surface area contributed by atoms with Crippen molar-refractivity contribution >= 4 is 17.6 Å². The van der Waals surface area contributed by atoms with Gasteiger partial charge in [0, 0.05) is 17.3 Å². The molecule has 1 aliphatic rings. The molecule has 0 saturated heterocycles. The molecule has 0 unspecified atom stereocenters. The maximum Gasteiger partial charge on any atom is 0.342 e. The van der Waals surface area contributed by atoms with Crippen LogP contribution in [0.5, 0.6) is 11.5 Å². The molecule has 7 nitrogen and oxygen atoms in total. The molecule has 0 radical (unpaired) electrons. The molecule has 1 aromatic carbocycles. The van der Waals surface area contributed by atoms with E-state index in [2.05, 4.69) is 5.32 Å². The average molecular weight is 331 g/mol. The average Bonchev–Trinajstić information content (AvgIpc) is 3.09. The minimum absolute atomic E-state index is 0.160. The first-order valence-corrected chi connectivity index (χ1v) is 7.39. The molecule has 1 aliphatic heterocycles. The van der Waals surface area contributed by atoms with Gasteiger partial charge >= 0.3 is 5.97 Å². The number of hydrogen-bond acceptors (Lipinski definition) is 6. The van der Waals surface area contributed by atoms with Crippen molar-refractivity contribution in [1.82, 2.24) is 0 Å². The fraction of sp³-hybridized carbons (Fsp3) is 0.294. The SMILES string of the molecule is Cc1oc(C)c(C(=O)OCC(=O)Nc2ccc3c(c2)OCO3)c1C. The quantitative estimate of drug-likeness (QED) is 0.867. The lowest BCUT2D eigenvalue weighted by molar-refractivity contribution is -0.119. The molecule has 7 heteroatoms. The van der Waals surface area contributed by atoms with Crippen molar-refractivity contribution in [3.05, 3.63) is 40.8 Å². The summed E-state index contributed by atoms with van der Waals surface area (Å²) in [6, 6.07) is 5.03. The molecule has 2 heterocycles. The van der Waals surface area contributed by atoms with Crippen molar-refractivity contribution in [1.29, 1.82) is 0 Å². The lowest BCUT2D eigenvalue weighted by Gasteiger charge is -2.07. The summed E-state index contributed by atoms with van der Waals surface area (Å²) in [4.78, 5) is 24.1. The van der Waals surface area contributed by atoms with Gasteiger partial charge in [-0.15, -0.1) is 0 Å². The van der Waals surface area contributed by atoms with Crippen LogP contribution >= 0.6 is 0 Å². The molecule has 1 N–H and O–H groups in total. The summed E-state index contributed by atoms with van der Waals surface area (Å²) in [6.45, 7) is 4.99. The first-order valence-electron chi connectivity index (χ1n) is 7.39. The van der Waals surface area contributed by atoms with Crippen LogP contribution in [0.4, 0.5) is 5.69 Å². The van der Waals surface area contributed by atoms with E-state index in [4.69, 9.17) is 18.6 Å². The monoisotopic (exact) mass is 331 g/mol. The molecule has 1 aromatic heterocycles. The van der Waals surface area contributed by atoms with Crippen molar-refractivity contribution in [2.45, 2.75) is 20.8 Å². The van der Waals surface area contributed by atoms with Gasteiger partial charge in [-0.25, -0.2) is 4.79 Å². The zero-order valence-electron chi connectivity index (χ0n) is 13.6. The zero-order valence-corrected chi connectivity index (χ0v) is 13.6. The summed E-state index contributed by atoms with van der Waals surface area (Å²) in [5.74, 6) is 1.29. The number of nitrogens with one attached hydrogen (secondary N) is 1. The second kappa shape index (κ2) is 6.27. The van der Waals surface area contributed by atoms with Gasteiger partial charge in [0.15, 0.2) is 18.1 Å². The van der Waals surface area contributed by atoms with E-state index in [1.54, 1.807) is 39.0 Å². The highest BCUT2D eigenvalue weighted by molar-refractivity contribution is 5.96. The molecular weight excluding hydrogens is 314 g/mol. The highest BCUT2D eigenvalue weighted by atomic mass is 16.7. The van der Waals surface area contributed by atoms with E-state index in [1.807, 2.05) is 0 Å². The van der Waals surface area contributed by atoms with Crippen molar-refractivity contribution in [3.8, 4) is 11.5 Å². The van der Waals surface area contributed by atoms with Crippen molar-refractivity contribution in [2.24, 2.45) is 0 Å². The van der Waals surface area contributed by atoms with Gasteiger partial charge in [0.05, 0.1) is 0 Å². The van der Waals surface area contributed by atoms with Crippen LogP contribution < -0.4 is 14.8 Å². The van der Waals surface area contributed by atoms with Crippen LogP contribution in [0.2, 0.25) is 0 Å². The first-order chi connectivity index (χ1) is 11.5. The Kier molecular flexibility index (Phi) is 4.16. The van der Waals surface area contributed by atoms with Crippen LogP contribution in [0.3, 0.4) is 0 Å². The number of amides is 1. The number of rotatable bonds is 4. The van der Waals surface area contributed by atoms with E-state index in [9.17, 15) is 9.59 Å². The number of furan rings is 1. The smallest absolute Gasteiger partial charge is 0.342 e. The molecule has 0 fully saturated rings. The Labute approximate surface area is 138 Å². The predicted octanol–water partition coefficient (Wildman–Crippen LogP) is 2.73. The minimum atomic E-state index is -0.581. The zero-order chi connectivity index (χ0) is 17.3. The molecule has 1 amide bonds. The number of fused-ring (bicyclic) bond motifs is 1. The summed E-state index contributed by atoms with van der Waals surface area (Å²) in [7, 11) is 0. The van der Waals surface area contributed by atoms with Crippen LogP contribution in [0, 0.1) is 20.8 Å². The minimum Gasteiger partial charge on any atom is -0.465 e. The molecule has 0 saturated carbocycles. The number of carbonyl (C=O) groups is 2. The summed E-state index contributed by atoms with van der Waals surface area (Å²) in [5, 5.41) is 2.64. The van der Waals surface area contributed by atoms with E-state index < -0.39 is 18.5 Å². The topological polar surface area (TPSA) is 87.0 Å². The van der Waals surface area contributed by atoms with Gasteiger partial charge in [0.2, 0.25) is 6.79 Å². The molecule has 0 aliphatic carbocycles. The number of anilines is 1. The summed E-state index contributed by atoms with van der Waals surface area (Å²) >= 11 is 0. The maximum atomic E-state index is 12.1. The fourth-order valence-corrected chi connectivity index (χ4v) is 2.47. The van der Waals surface area contributed by atoms with Crippen LogP contribution in [0.25, 0.3) is 0 Å². The van der Waals surface area contributed by atoms with Crippen LogP contribution in [0.1, 0.15) is 27.4 Å². The van der Waals surface area contributed by atoms with E-state index in [0.29, 0.717) is 39.8 Å². The van der Waals surface area contributed by atoms with Gasteiger partial charge in [0.25, 0.3) is 5.91 Å². The van der Waals surface area contributed by atoms with E-state index >= 15 is 0 Å². The lowest BCUT2D eigenvalue weighted by atomic mass is 10.1. The standard InChI is InChI=1S/C17H17NO6/c1-9-10(2)24-11(3)16(9)17(20)21-7-15(19)18-12-4-5-13-14(6-12)23-8-22-13/h4-6H,7-8H2,1-3H3,(H,18,19). The summed E-state index contributed by atoms with van der Waals surface area (Å²) in [6.07, 6.45) is 0. The molecule has 3 rings (SSSR count). The third-order valence-electron chi connectivity index (χ3n) is 3.76. The number of benzene rings is 1. The van der Waals surface area contributed by atoms with Gasteiger partial charge < -0.3 is 23.9 Å². The second-order valence-corrected chi connectivity index (χ2v) is 5.41. The Morgan fingerprint density at radius 2 is 1.88 bits per heavy atom. The van der Waals surface area contributed by atoms with E-state index in [1.165, 1.54) is 0 Å². The highest BCUT2D eigenvalue weighted by Crippen LogP contribution is 2.34. The summed E-state index contributed by atoms with van der Waals surface area (Å²) < 4.78 is 20.9. The van der Waals surface area contributed by atoms with Gasteiger partial charge in [-0.1, -0.05) is 0 Å². The largest absolute Gasteiger partial charge is 0.465 e. The fourth-order valence-electron chi connectivity index (χ4n) is 2.47. The van der Waals surface area contributed by atoms with Crippen molar-refractivity contribution in [2.75, 3.05) is 18.7 Å². The first kappa shape index (κ1) is 15.9. The molecule has 0 atom stereocenters. The lowest BCUT2D eigenvalue weighted by Crippen LogP contribution is -2.21. The molecule has 126 valence electrons. The number of ether oxygens (including phenoxy) is 3. The van der Waals surface area contributed by atoms with Gasteiger partial charge in [-0.05, 0) is 32.9 Å². The predicted molar refractivity (Wildman–Crippen MR) is 84.4 cm³/mol. The van der Waals surface area contributed by atoms with Crippen LogP contribution in [-0.4, -0.2) is 25.3 Å². The Balaban J connectivity index is 1.58. The third-order valence-corrected chi connectivity index (χ3v) is 3.76. The number of esters is 1. The Morgan fingerprint density at radius 1 is 1.12 bits per heavy atom. The Hall–Kier alpha value is -2.96. The normalized spacial score (nSPS) is 12.1. The molecule has 0 spiro atoms. The molecular formula is C17H17NO6. The Bertz CT molecular complexity index is 808. The summed E-state index contributed by atoms with van der Waals surface area (Å²) in [5.41, 5.74) is 1.61. The third kappa shape index (κ3) is 3.05. The number of hydrogen-bond donors (Lipinski definition) is 1. The molecule has 0 bridgehead atoms. The number of aryl methyl sites for hydroxylation is 2. The maximum absolute atomic E-state index is 12.1. The van der Waals surface area contributed by atoms with E-state index in [-0.39, 0.29) is 6.79 Å². The van der Waals surface area contributed by atoms with Gasteiger partial charge in [-0.3, -0.25) is 4.79 Å². The van der Waals surface area contributed by atoms with Crippen LogP contribution in [0.15, 0.2) is 22.6 Å². The van der Waals surface area contributed by atoms with Crippen LogP contribution in [-0.2, 0) is 9.53 Å². The molecule has 2 aromatic rings.